The second-order valence-corrected chi connectivity index (χ2v) is 6.70. The lowest BCUT2D eigenvalue weighted by molar-refractivity contribution is 0.102. The fourth-order valence-electron chi connectivity index (χ4n) is 3.22. The zero-order valence-corrected chi connectivity index (χ0v) is 15.5. The Labute approximate surface area is 163 Å². The van der Waals surface area contributed by atoms with Crippen LogP contribution in [0, 0.1) is 0 Å². The summed E-state index contributed by atoms with van der Waals surface area (Å²) in [5.74, 6) is 1.61. The number of benzene rings is 1. The molecule has 28 heavy (non-hydrogen) atoms. The van der Waals surface area contributed by atoms with Crippen molar-refractivity contribution < 1.29 is 4.79 Å². The molecule has 142 valence electrons. The number of nitrogens with one attached hydrogen (secondary N) is 2. The normalized spacial score (nSPS) is 13.4. The first-order chi connectivity index (χ1) is 13.8. The summed E-state index contributed by atoms with van der Waals surface area (Å²) < 4.78 is 0. The van der Waals surface area contributed by atoms with Gasteiger partial charge in [0.2, 0.25) is 0 Å². The highest BCUT2D eigenvalue weighted by atomic mass is 16.1. The maximum Gasteiger partial charge on any atom is 0.255 e. The van der Waals surface area contributed by atoms with Crippen molar-refractivity contribution >= 4 is 23.2 Å². The molecule has 4 rings (SSSR count). The predicted octanol–water partition coefficient (Wildman–Crippen LogP) is 3.34. The Balaban J connectivity index is 1.38. The van der Waals surface area contributed by atoms with Crippen LogP contribution < -0.4 is 15.5 Å². The Bertz CT molecular complexity index is 940. The van der Waals surface area contributed by atoms with Gasteiger partial charge in [0.15, 0.2) is 0 Å². The molecule has 7 heteroatoms. The van der Waals surface area contributed by atoms with E-state index in [1.165, 1.54) is 12.8 Å². The monoisotopic (exact) mass is 374 g/mol. The van der Waals surface area contributed by atoms with Crippen LogP contribution in [-0.2, 0) is 6.54 Å². The number of aromatic nitrogens is 3. The third-order valence-corrected chi connectivity index (χ3v) is 4.68. The van der Waals surface area contributed by atoms with E-state index in [9.17, 15) is 4.79 Å². The fourth-order valence-corrected chi connectivity index (χ4v) is 3.22. The van der Waals surface area contributed by atoms with Crippen molar-refractivity contribution in [1.29, 1.82) is 0 Å². The second kappa shape index (κ2) is 8.47. The summed E-state index contributed by atoms with van der Waals surface area (Å²) in [6.07, 6.45) is 7.23. The van der Waals surface area contributed by atoms with Crippen LogP contribution in [0.3, 0.4) is 0 Å². The molecule has 1 aromatic carbocycles. The quantitative estimate of drug-likeness (QED) is 0.689. The van der Waals surface area contributed by atoms with Crippen LogP contribution in [-0.4, -0.2) is 33.9 Å². The first-order valence-electron chi connectivity index (χ1n) is 9.39. The van der Waals surface area contributed by atoms with Gasteiger partial charge in [-0.15, -0.1) is 0 Å². The zero-order valence-electron chi connectivity index (χ0n) is 15.5. The molecule has 2 N–H and O–H groups in total. The molecule has 0 radical (unpaired) electrons. The highest BCUT2D eigenvalue weighted by Crippen LogP contribution is 2.20. The van der Waals surface area contributed by atoms with Crippen LogP contribution in [0.1, 0.15) is 28.8 Å². The Kier molecular flexibility index (Phi) is 5.42. The second-order valence-electron chi connectivity index (χ2n) is 6.70. The molecule has 0 bridgehead atoms. The van der Waals surface area contributed by atoms with E-state index in [1.807, 2.05) is 30.3 Å². The van der Waals surface area contributed by atoms with Gasteiger partial charge in [-0.1, -0.05) is 12.1 Å². The summed E-state index contributed by atoms with van der Waals surface area (Å²) in [5, 5.41) is 6.25. The molecule has 1 aliphatic rings. The molecule has 0 aliphatic carbocycles. The van der Waals surface area contributed by atoms with E-state index in [4.69, 9.17) is 0 Å². The molecule has 0 unspecified atom stereocenters. The number of hydrogen-bond donors (Lipinski definition) is 2. The number of anilines is 3. The zero-order chi connectivity index (χ0) is 19.2. The standard InChI is InChI=1S/C21H22N6O/c28-21(17-6-8-22-9-7-17)26-18-5-3-4-16(12-18)14-23-19-13-20(25-15-24-19)27-10-1-2-11-27/h3-9,12-13,15H,1-2,10-11,14H2,(H,26,28)(H,23,24,25). The van der Waals surface area contributed by atoms with Crippen LogP contribution >= 0.6 is 0 Å². The minimum atomic E-state index is -0.154. The number of rotatable bonds is 6. The van der Waals surface area contributed by atoms with E-state index in [0.29, 0.717) is 12.1 Å². The molecule has 0 spiro atoms. The Hall–Kier alpha value is -3.48. The molecule has 1 aliphatic heterocycles. The largest absolute Gasteiger partial charge is 0.366 e. The number of nitrogens with zero attached hydrogens (tertiary/aromatic N) is 4. The third-order valence-electron chi connectivity index (χ3n) is 4.68. The molecular weight excluding hydrogens is 352 g/mol. The first-order valence-corrected chi connectivity index (χ1v) is 9.39. The van der Waals surface area contributed by atoms with Crippen molar-refractivity contribution in [2.45, 2.75) is 19.4 Å². The predicted molar refractivity (Wildman–Crippen MR) is 109 cm³/mol. The van der Waals surface area contributed by atoms with Crippen LogP contribution in [0.15, 0.2) is 61.2 Å². The van der Waals surface area contributed by atoms with Gasteiger partial charge in [0, 0.05) is 49.3 Å². The maximum absolute atomic E-state index is 12.3. The molecule has 0 saturated carbocycles. The average molecular weight is 374 g/mol. The minimum absolute atomic E-state index is 0.154. The van der Waals surface area contributed by atoms with E-state index >= 15 is 0 Å². The van der Waals surface area contributed by atoms with E-state index in [0.717, 1.165) is 36.0 Å². The SMILES string of the molecule is O=C(Nc1cccc(CNc2cc(N3CCCC3)ncn2)c1)c1ccncc1. The topological polar surface area (TPSA) is 83.0 Å². The fraction of sp³-hybridized carbons (Fsp3) is 0.238. The average Bonchev–Trinajstić information content (AvgIpc) is 3.28. The van der Waals surface area contributed by atoms with Crippen molar-refractivity contribution in [2.24, 2.45) is 0 Å². The molecular formula is C21H22N6O. The van der Waals surface area contributed by atoms with Gasteiger partial charge < -0.3 is 15.5 Å². The molecule has 3 heterocycles. The van der Waals surface area contributed by atoms with Crippen molar-refractivity contribution in [3.63, 3.8) is 0 Å². The molecule has 1 saturated heterocycles. The van der Waals surface area contributed by atoms with Gasteiger partial charge in [-0.25, -0.2) is 9.97 Å². The molecule has 2 aromatic heterocycles. The number of carbonyl (C=O) groups is 1. The van der Waals surface area contributed by atoms with Gasteiger partial charge in [0.05, 0.1) is 0 Å². The van der Waals surface area contributed by atoms with Crippen molar-refractivity contribution in [3.8, 4) is 0 Å². The number of pyridine rings is 1. The third kappa shape index (κ3) is 4.43. The van der Waals surface area contributed by atoms with Crippen LogP contribution in [0.2, 0.25) is 0 Å². The molecule has 0 atom stereocenters. The van der Waals surface area contributed by atoms with Crippen LogP contribution in [0.4, 0.5) is 17.3 Å². The molecule has 7 nitrogen and oxygen atoms in total. The van der Waals surface area contributed by atoms with Crippen molar-refractivity contribution in [3.05, 3.63) is 72.3 Å². The Morgan fingerprint density at radius 2 is 1.86 bits per heavy atom. The highest BCUT2D eigenvalue weighted by molar-refractivity contribution is 6.04. The van der Waals surface area contributed by atoms with Crippen molar-refractivity contribution in [1.82, 2.24) is 15.0 Å². The lowest BCUT2D eigenvalue weighted by atomic mass is 10.2. The van der Waals surface area contributed by atoms with Crippen LogP contribution in [0.5, 0.6) is 0 Å². The summed E-state index contributed by atoms with van der Waals surface area (Å²) >= 11 is 0. The smallest absolute Gasteiger partial charge is 0.255 e. The minimum Gasteiger partial charge on any atom is -0.366 e. The van der Waals surface area contributed by atoms with E-state index in [1.54, 1.807) is 30.9 Å². The van der Waals surface area contributed by atoms with Gasteiger partial charge in [0.25, 0.3) is 5.91 Å². The Morgan fingerprint density at radius 3 is 2.68 bits per heavy atom. The number of amides is 1. The van der Waals surface area contributed by atoms with Crippen molar-refractivity contribution in [2.75, 3.05) is 28.6 Å². The summed E-state index contributed by atoms with van der Waals surface area (Å²) in [6, 6.07) is 13.1. The first kappa shape index (κ1) is 17.9. The van der Waals surface area contributed by atoms with E-state index in [-0.39, 0.29) is 5.91 Å². The highest BCUT2D eigenvalue weighted by Gasteiger charge is 2.14. The molecule has 1 fully saturated rings. The van der Waals surface area contributed by atoms with Crippen LogP contribution in [0.25, 0.3) is 0 Å². The number of carbonyl (C=O) groups excluding carboxylic acids is 1. The molecule has 3 aromatic rings. The van der Waals surface area contributed by atoms with E-state index in [2.05, 4.69) is 30.5 Å². The summed E-state index contributed by atoms with van der Waals surface area (Å²) in [5.41, 5.74) is 2.38. The van der Waals surface area contributed by atoms with E-state index < -0.39 is 0 Å². The lowest BCUT2D eigenvalue weighted by Gasteiger charge is -2.16. The maximum atomic E-state index is 12.3. The van der Waals surface area contributed by atoms with Gasteiger partial charge in [-0.2, -0.15) is 0 Å². The summed E-state index contributed by atoms with van der Waals surface area (Å²) in [4.78, 5) is 27.2. The van der Waals surface area contributed by atoms with Gasteiger partial charge >= 0.3 is 0 Å². The van der Waals surface area contributed by atoms with Gasteiger partial charge in [0.1, 0.15) is 18.0 Å². The summed E-state index contributed by atoms with van der Waals surface area (Å²) in [6.45, 7) is 2.71. The molecule has 1 amide bonds. The summed E-state index contributed by atoms with van der Waals surface area (Å²) in [7, 11) is 0. The van der Waals surface area contributed by atoms with Gasteiger partial charge in [-0.3, -0.25) is 9.78 Å². The lowest BCUT2D eigenvalue weighted by Crippen LogP contribution is -2.19. The van der Waals surface area contributed by atoms with Gasteiger partial charge in [-0.05, 0) is 42.7 Å². The number of hydrogen-bond acceptors (Lipinski definition) is 6. The Morgan fingerprint density at radius 1 is 1.04 bits per heavy atom.